The number of phosphoric ester groups is 1. The fraction of sp³-hybridized carbons (Fsp3) is 0.731. The molecule has 21 nitrogen and oxygen atoms in total. The molecule has 0 unspecified atom stereocenters. The van der Waals surface area contributed by atoms with E-state index >= 15 is 0 Å². The van der Waals surface area contributed by atoms with Crippen LogP contribution >= 0.6 is 7.82 Å². The van der Waals surface area contributed by atoms with E-state index in [4.69, 9.17) is 47.2 Å². The predicted octanol–water partition coefficient (Wildman–Crippen LogP) is -1.71. The summed E-state index contributed by atoms with van der Waals surface area (Å²) in [5, 5.41) is 2.32. The van der Waals surface area contributed by atoms with E-state index < -0.39 is 124 Å². The Morgan fingerprint density at radius 2 is 0.979 bits per heavy atom. The second-order valence-electron chi connectivity index (χ2n) is 10.4. The van der Waals surface area contributed by atoms with Crippen LogP contribution in [0.1, 0.15) is 48.5 Å². The van der Waals surface area contributed by atoms with Gasteiger partial charge in [-0.3, -0.25) is 38.1 Å². The predicted molar refractivity (Wildman–Crippen MR) is 148 cm³/mol. The quantitative estimate of drug-likeness (QED) is 0.109. The molecule has 0 aromatic heterocycles. The topological polar surface area (TPSA) is 281 Å². The van der Waals surface area contributed by atoms with Crippen LogP contribution in [-0.2, 0) is 85.3 Å². The molecule has 48 heavy (non-hydrogen) atoms. The maximum atomic E-state index is 12.3. The second-order valence-corrected chi connectivity index (χ2v) is 11.6. The summed E-state index contributed by atoms with van der Waals surface area (Å²) in [6.07, 6.45) is -15.7. The standard InChI is InChI=1S/C26H38NO20P/c1-10(28)27-19-22(20(40-13(4)31)17(8-38-11(2)29)44-25(19)47-48(35,36)37)46-26-24(43-16(7)34)23(42-15(6)33)21(41-14(5)32)18(45-26)9-39-12(3)30/h17-26H,8-9H2,1-7H3,(H,27,28)(H2,35,36,37)/t17-,18-,19-,20+,21+,22-,23+,24-,25-,26+/m1/s1. The Kier molecular flexibility index (Phi) is 14.8. The van der Waals surface area contributed by atoms with Gasteiger partial charge in [0.2, 0.25) is 5.91 Å². The SMILES string of the molecule is CC(=O)N[C@H]1[C@@H](OP(=O)(O)O)O[C@H](COC(C)=O)[C@H](OC(C)=O)[C@@H]1O[C@@H]1O[C@H](COC(C)=O)[C@H](OC(C)=O)[C@H](OC(C)=O)[C@H]1OC(C)=O. The first-order chi connectivity index (χ1) is 22.2. The van der Waals surface area contributed by atoms with E-state index in [2.05, 4.69) is 5.32 Å². The summed E-state index contributed by atoms with van der Waals surface area (Å²) >= 11 is 0. The van der Waals surface area contributed by atoms with Gasteiger partial charge in [-0.2, -0.15) is 0 Å². The zero-order chi connectivity index (χ0) is 36.5. The maximum Gasteiger partial charge on any atom is 0.472 e. The number of phosphoric acid groups is 1. The van der Waals surface area contributed by atoms with Gasteiger partial charge in [-0.1, -0.05) is 0 Å². The highest BCUT2D eigenvalue weighted by atomic mass is 31.2. The smallest absolute Gasteiger partial charge is 0.463 e. The highest BCUT2D eigenvalue weighted by molar-refractivity contribution is 7.46. The van der Waals surface area contributed by atoms with Crippen molar-refractivity contribution in [1.82, 2.24) is 5.32 Å². The number of amides is 1. The minimum Gasteiger partial charge on any atom is -0.463 e. The lowest BCUT2D eigenvalue weighted by molar-refractivity contribution is -0.343. The molecule has 0 aromatic rings. The first-order valence-corrected chi connectivity index (χ1v) is 15.6. The number of carbonyl (C=O) groups excluding carboxylic acids is 7. The Labute approximate surface area is 273 Å². The number of nitrogens with one attached hydrogen (secondary N) is 1. The third-order valence-corrected chi connectivity index (χ3v) is 6.73. The van der Waals surface area contributed by atoms with Gasteiger partial charge in [-0.05, 0) is 0 Å². The van der Waals surface area contributed by atoms with Crippen LogP contribution in [0.25, 0.3) is 0 Å². The molecule has 2 rings (SSSR count). The molecule has 2 saturated heterocycles. The molecule has 0 spiro atoms. The molecule has 2 aliphatic heterocycles. The normalized spacial score (nSPS) is 30.2. The highest BCUT2D eigenvalue weighted by Crippen LogP contribution is 2.42. The lowest BCUT2D eigenvalue weighted by Gasteiger charge is -2.49. The van der Waals surface area contributed by atoms with E-state index in [1.807, 2.05) is 0 Å². The van der Waals surface area contributed by atoms with Crippen LogP contribution in [0.5, 0.6) is 0 Å². The van der Waals surface area contributed by atoms with E-state index in [1.54, 1.807) is 0 Å². The van der Waals surface area contributed by atoms with Crippen molar-refractivity contribution in [3.8, 4) is 0 Å². The molecule has 0 aliphatic carbocycles. The van der Waals surface area contributed by atoms with Crippen molar-refractivity contribution in [3.05, 3.63) is 0 Å². The van der Waals surface area contributed by atoms with Gasteiger partial charge in [0.1, 0.15) is 37.6 Å². The van der Waals surface area contributed by atoms with Crippen molar-refractivity contribution in [3.63, 3.8) is 0 Å². The molecular formula is C26H38NO20P. The number of hydrogen-bond acceptors (Lipinski definition) is 18. The first-order valence-electron chi connectivity index (χ1n) is 14.1. The summed E-state index contributed by atoms with van der Waals surface area (Å²) in [4.78, 5) is 104. The summed E-state index contributed by atoms with van der Waals surface area (Å²) in [6, 6.07) is -1.76. The number of esters is 6. The van der Waals surface area contributed by atoms with Crippen molar-refractivity contribution in [2.75, 3.05) is 13.2 Å². The molecular weight excluding hydrogens is 677 g/mol. The second kappa shape index (κ2) is 17.6. The molecule has 0 saturated carbocycles. The van der Waals surface area contributed by atoms with E-state index in [-0.39, 0.29) is 0 Å². The molecule has 2 aliphatic rings. The van der Waals surface area contributed by atoms with Gasteiger partial charge in [0, 0.05) is 48.5 Å². The van der Waals surface area contributed by atoms with Crippen LogP contribution in [-0.4, -0.2) is 126 Å². The number of carbonyl (C=O) groups is 7. The zero-order valence-electron chi connectivity index (χ0n) is 26.9. The Hall–Kier alpha value is -3.72. The van der Waals surface area contributed by atoms with Gasteiger partial charge in [-0.15, -0.1) is 0 Å². The maximum absolute atomic E-state index is 12.3. The van der Waals surface area contributed by atoms with Crippen LogP contribution in [0.15, 0.2) is 0 Å². The van der Waals surface area contributed by atoms with Gasteiger partial charge < -0.3 is 57.7 Å². The lowest BCUT2D eigenvalue weighted by atomic mass is 9.94. The van der Waals surface area contributed by atoms with Crippen molar-refractivity contribution < 1.29 is 95.1 Å². The van der Waals surface area contributed by atoms with Crippen LogP contribution in [0.4, 0.5) is 0 Å². The first kappa shape index (κ1) is 40.5. The molecule has 2 heterocycles. The Morgan fingerprint density at radius 1 is 0.583 bits per heavy atom. The third kappa shape index (κ3) is 12.7. The summed E-state index contributed by atoms with van der Waals surface area (Å²) < 4.78 is 65.8. The zero-order valence-corrected chi connectivity index (χ0v) is 27.8. The third-order valence-electron chi connectivity index (χ3n) is 6.25. The highest BCUT2D eigenvalue weighted by Gasteiger charge is 2.57. The summed E-state index contributed by atoms with van der Waals surface area (Å²) in [6.45, 7) is 5.65. The fourth-order valence-electron chi connectivity index (χ4n) is 4.80. The minimum absolute atomic E-state index is 0.646. The number of ether oxygens (including phenoxy) is 9. The molecule has 2 fully saturated rings. The molecule has 272 valence electrons. The number of rotatable bonds is 13. The average Bonchev–Trinajstić information content (AvgIpc) is 2.90. The molecule has 1 amide bonds. The van der Waals surface area contributed by atoms with Crippen LogP contribution in [0.2, 0.25) is 0 Å². The Morgan fingerprint density at radius 3 is 1.38 bits per heavy atom. The van der Waals surface area contributed by atoms with Crippen molar-refractivity contribution >= 4 is 49.5 Å². The summed E-state index contributed by atoms with van der Waals surface area (Å²) in [5.74, 6) is -6.32. The monoisotopic (exact) mass is 715 g/mol. The van der Waals surface area contributed by atoms with E-state index in [9.17, 15) is 47.9 Å². The summed E-state index contributed by atoms with van der Waals surface area (Å²) in [5.41, 5.74) is 0. The molecule has 0 bridgehead atoms. The van der Waals surface area contributed by atoms with Crippen molar-refractivity contribution in [2.24, 2.45) is 0 Å². The van der Waals surface area contributed by atoms with Crippen LogP contribution in [0, 0.1) is 0 Å². The van der Waals surface area contributed by atoms with Gasteiger partial charge in [0.15, 0.2) is 37.0 Å². The molecule has 3 N–H and O–H groups in total. The summed E-state index contributed by atoms with van der Waals surface area (Å²) in [7, 11) is -5.41. The van der Waals surface area contributed by atoms with Gasteiger partial charge in [0.05, 0.1) is 0 Å². The molecule has 10 atom stereocenters. The molecule has 22 heteroatoms. The Balaban J connectivity index is 2.78. The van der Waals surface area contributed by atoms with Crippen molar-refractivity contribution in [2.45, 2.75) is 110 Å². The lowest BCUT2D eigenvalue weighted by Crippen LogP contribution is -2.69. The van der Waals surface area contributed by atoms with Crippen LogP contribution in [0.3, 0.4) is 0 Å². The number of hydrogen-bond donors (Lipinski definition) is 3. The van der Waals surface area contributed by atoms with E-state index in [1.165, 1.54) is 0 Å². The average molecular weight is 716 g/mol. The van der Waals surface area contributed by atoms with Gasteiger partial charge in [-0.25, -0.2) is 4.57 Å². The fourth-order valence-corrected chi connectivity index (χ4v) is 5.25. The largest absolute Gasteiger partial charge is 0.472 e. The van der Waals surface area contributed by atoms with Crippen molar-refractivity contribution in [1.29, 1.82) is 0 Å². The van der Waals surface area contributed by atoms with Gasteiger partial charge >= 0.3 is 43.6 Å². The van der Waals surface area contributed by atoms with Crippen LogP contribution < -0.4 is 5.32 Å². The minimum atomic E-state index is -5.41. The molecule has 0 aromatic carbocycles. The van der Waals surface area contributed by atoms with E-state index in [0.29, 0.717) is 0 Å². The molecule has 0 radical (unpaired) electrons. The Bertz CT molecular complexity index is 1270. The van der Waals surface area contributed by atoms with Gasteiger partial charge in [0.25, 0.3) is 0 Å². The van der Waals surface area contributed by atoms with E-state index in [0.717, 1.165) is 48.5 Å².